The standard InChI is InChI=1S/C28H24N6O2/c1-18-5-3-8-27(32-18)34-26(22-9-10-24-25(14-22)30-12-11-29-24)15-23(33-34)16-28(36)31-17-20-6-4-7-21(13-20)19(2)35/h3-15H,16-17H2,1-2H3,(H,31,36). The molecule has 0 bridgehead atoms. The third kappa shape index (κ3) is 5.02. The minimum absolute atomic E-state index is 0.00863. The maximum Gasteiger partial charge on any atom is 0.226 e. The van der Waals surface area contributed by atoms with Crippen molar-refractivity contribution < 1.29 is 9.59 Å². The Morgan fingerprint density at radius 3 is 2.53 bits per heavy atom. The van der Waals surface area contributed by atoms with Crippen LogP contribution in [0.1, 0.15) is 34.2 Å². The number of amides is 1. The third-order valence-corrected chi connectivity index (χ3v) is 5.78. The fraction of sp³-hybridized carbons (Fsp3) is 0.143. The molecular formula is C28H24N6O2. The van der Waals surface area contributed by atoms with E-state index in [2.05, 4.69) is 20.3 Å². The Hall–Kier alpha value is -4.72. The molecular weight excluding hydrogens is 452 g/mol. The number of benzene rings is 2. The van der Waals surface area contributed by atoms with Crippen LogP contribution in [-0.4, -0.2) is 36.4 Å². The van der Waals surface area contributed by atoms with Gasteiger partial charge in [-0.25, -0.2) is 9.67 Å². The first-order chi connectivity index (χ1) is 17.5. The fourth-order valence-corrected chi connectivity index (χ4v) is 3.99. The summed E-state index contributed by atoms with van der Waals surface area (Å²) in [5, 5.41) is 7.64. The smallest absolute Gasteiger partial charge is 0.226 e. The molecule has 0 saturated carbocycles. The van der Waals surface area contributed by atoms with Gasteiger partial charge in [0.15, 0.2) is 11.6 Å². The highest BCUT2D eigenvalue weighted by Gasteiger charge is 2.16. The fourth-order valence-electron chi connectivity index (χ4n) is 3.99. The molecule has 178 valence electrons. The lowest BCUT2D eigenvalue weighted by molar-refractivity contribution is -0.120. The maximum atomic E-state index is 12.8. The lowest BCUT2D eigenvalue weighted by Crippen LogP contribution is -2.24. The Kier molecular flexibility index (Phi) is 6.32. The monoisotopic (exact) mass is 476 g/mol. The summed E-state index contributed by atoms with van der Waals surface area (Å²) in [6.45, 7) is 3.78. The molecule has 36 heavy (non-hydrogen) atoms. The molecule has 0 atom stereocenters. The molecule has 3 aromatic heterocycles. The molecule has 0 spiro atoms. The number of carbonyl (C=O) groups is 2. The van der Waals surface area contributed by atoms with E-state index in [1.165, 1.54) is 6.92 Å². The van der Waals surface area contributed by atoms with Crippen molar-refractivity contribution in [2.45, 2.75) is 26.8 Å². The number of nitrogens with zero attached hydrogens (tertiary/aromatic N) is 5. The average Bonchev–Trinajstić information content (AvgIpc) is 3.31. The zero-order valence-electron chi connectivity index (χ0n) is 20.0. The van der Waals surface area contributed by atoms with Gasteiger partial charge in [0.25, 0.3) is 0 Å². The average molecular weight is 477 g/mol. The van der Waals surface area contributed by atoms with E-state index in [1.54, 1.807) is 29.2 Å². The van der Waals surface area contributed by atoms with Crippen LogP contribution in [0.2, 0.25) is 0 Å². The molecule has 0 radical (unpaired) electrons. The number of nitrogens with one attached hydrogen (secondary N) is 1. The van der Waals surface area contributed by atoms with Crippen LogP contribution in [0.3, 0.4) is 0 Å². The Labute approximate surface area is 208 Å². The highest BCUT2D eigenvalue weighted by atomic mass is 16.1. The van der Waals surface area contributed by atoms with Gasteiger partial charge in [0, 0.05) is 35.8 Å². The summed E-state index contributed by atoms with van der Waals surface area (Å²) >= 11 is 0. The number of Topliss-reactive ketones (excluding diaryl/α,β-unsaturated/α-hetero) is 1. The summed E-state index contributed by atoms with van der Waals surface area (Å²) in [5.41, 5.74) is 6.23. The Morgan fingerprint density at radius 2 is 1.72 bits per heavy atom. The number of carbonyl (C=O) groups excluding carboxylic acids is 2. The van der Waals surface area contributed by atoms with Gasteiger partial charge in [-0.15, -0.1) is 0 Å². The first-order valence-electron chi connectivity index (χ1n) is 11.6. The van der Waals surface area contributed by atoms with Gasteiger partial charge in [0.05, 0.1) is 28.8 Å². The van der Waals surface area contributed by atoms with Gasteiger partial charge < -0.3 is 5.32 Å². The number of pyridine rings is 1. The van der Waals surface area contributed by atoms with Gasteiger partial charge in [-0.1, -0.05) is 30.3 Å². The highest BCUT2D eigenvalue weighted by molar-refractivity contribution is 5.94. The number of rotatable bonds is 7. The van der Waals surface area contributed by atoms with E-state index >= 15 is 0 Å². The van der Waals surface area contributed by atoms with E-state index in [0.717, 1.165) is 33.5 Å². The van der Waals surface area contributed by atoms with Crippen molar-refractivity contribution in [3.63, 3.8) is 0 Å². The number of hydrogen-bond acceptors (Lipinski definition) is 6. The van der Waals surface area contributed by atoms with Crippen LogP contribution in [0.15, 0.2) is 79.1 Å². The van der Waals surface area contributed by atoms with Gasteiger partial charge >= 0.3 is 0 Å². The Bertz CT molecular complexity index is 1590. The molecule has 5 rings (SSSR count). The first kappa shape index (κ1) is 23.0. The van der Waals surface area contributed by atoms with E-state index in [4.69, 9.17) is 5.10 Å². The largest absolute Gasteiger partial charge is 0.352 e. The molecule has 0 aliphatic rings. The van der Waals surface area contributed by atoms with Gasteiger partial charge in [-0.3, -0.25) is 19.6 Å². The number of aryl methyl sites for hydroxylation is 1. The van der Waals surface area contributed by atoms with Crippen molar-refractivity contribution in [2.75, 3.05) is 0 Å². The second kappa shape index (κ2) is 9.87. The third-order valence-electron chi connectivity index (χ3n) is 5.78. The predicted molar refractivity (Wildman–Crippen MR) is 137 cm³/mol. The number of hydrogen-bond donors (Lipinski definition) is 1. The summed E-state index contributed by atoms with van der Waals surface area (Å²) in [6.07, 6.45) is 3.43. The topological polar surface area (TPSA) is 103 Å². The molecule has 0 saturated heterocycles. The number of ketones is 1. The second-order valence-corrected chi connectivity index (χ2v) is 8.54. The lowest BCUT2D eigenvalue weighted by Gasteiger charge is -2.08. The van der Waals surface area contributed by atoms with Crippen molar-refractivity contribution in [1.82, 2.24) is 30.0 Å². The summed E-state index contributed by atoms with van der Waals surface area (Å²) in [6, 6.07) is 20.7. The van der Waals surface area contributed by atoms with Crippen LogP contribution in [0, 0.1) is 6.92 Å². The summed E-state index contributed by atoms with van der Waals surface area (Å²) in [7, 11) is 0. The van der Waals surface area contributed by atoms with Crippen LogP contribution in [0.5, 0.6) is 0 Å². The Morgan fingerprint density at radius 1 is 0.917 bits per heavy atom. The van der Waals surface area contributed by atoms with Gasteiger partial charge in [0.2, 0.25) is 5.91 Å². The molecule has 1 N–H and O–H groups in total. The maximum absolute atomic E-state index is 12.8. The van der Waals surface area contributed by atoms with Crippen molar-refractivity contribution in [2.24, 2.45) is 0 Å². The zero-order valence-corrected chi connectivity index (χ0v) is 20.0. The molecule has 0 fully saturated rings. The molecule has 0 aliphatic heterocycles. The highest BCUT2D eigenvalue weighted by Crippen LogP contribution is 2.26. The number of fused-ring (bicyclic) bond motifs is 1. The van der Waals surface area contributed by atoms with E-state index in [1.807, 2.05) is 61.5 Å². The van der Waals surface area contributed by atoms with Crippen molar-refractivity contribution >= 4 is 22.7 Å². The van der Waals surface area contributed by atoms with Gasteiger partial charge in [-0.05, 0) is 55.8 Å². The summed E-state index contributed by atoms with van der Waals surface area (Å²) in [5.74, 6) is 0.489. The predicted octanol–water partition coefficient (Wildman–Crippen LogP) is 4.25. The Balaban J connectivity index is 1.42. The summed E-state index contributed by atoms with van der Waals surface area (Å²) in [4.78, 5) is 37.8. The van der Waals surface area contributed by atoms with Gasteiger partial charge in [-0.2, -0.15) is 5.10 Å². The minimum Gasteiger partial charge on any atom is -0.352 e. The molecule has 1 amide bonds. The van der Waals surface area contributed by atoms with E-state index in [0.29, 0.717) is 23.6 Å². The van der Waals surface area contributed by atoms with Crippen LogP contribution >= 0.6 is 0 Å². The number of aromatic nitrogens is 5. The van der Waals surface area contributed by atoms with Crippen LogP contribution in [0.4, 0.5) is 0 Å². The van der Waals surface area contributed by atoms with Crippen LogP contribution in [0.25, 0.3) is 28.1 Å². The summed E-state index contributed by atoms with van der Waals surface area (Å²) < 4.78 is 1.75. The molecule has 0 aliphatic carbocycles. The van der Waals surface area contributed by atoms with Crippen molar-refractivity contribution in [3.8, 4) is 17.1 Å². The quantitative estimate of drug-likeness (QED) is 0.352. The van der Waals surface area contributed by atoms with Crippen molar-refractivity contribution in [1.29, 1.82) is 0 Å². The molecule has 0 unspecified atom stereocenters. The first-order valence-corrected chi connectivity index (χ1v) is 11.6. The SMILES string of the molecule is CC(=O)c1cccc(CNC(=O)Cc2cc(-c3ccc4nccnc4c3)n(-c3cccc(C)n3)n2)c1. The van der Waals surface area contributed by atoms with E-state index in [9.17, 15) is 9.59 Å². The van der Waals surface area contributed by atoms with Crippen LogP contribution in [-0.2, 0) is 17.8 Å². The van der Waals surface area contributed by atoms with E-state index in [-0.39, 0.29) is 18.1 Å². The molecule has 2 aromatic carbocycles. The normalized spacial score (nSPS) is 10.9. The van der Waals surface area contributed by atoms with Crippen LogP contribution < -0.4 is 5.32 Å². The zero-order chi connectivity index (χ0) is 25.1. The minimum atomic E-state index is -0.166. The van der Waals surface area contributed by atoms with Crippen molar-refractivity contribution in [3.05, 3.63) is 102 Å². The molecule has 5 aromatic rings. The molecule has 3 heterocycles. The lowest BCUT2D eigenvalue weighted by atomic mass is 10.1. The molecule has 8 nitrogen and oxygen atoms in total. The van der Waals surface area contributed by atoms with E-state index < -0.39 is 0 Å². The van der Waals surface area contributed by atoms with Gasteiger partial charge in [0.1, 0.15) is 0 Å². The second-order valence-electron chi connectivity index (χ2n) is 8.54. The molecule has 8 heteroatoms.